The van der Waals surface area contributed by atoms with E-state index in [1.54, 1.807) is 13.8 Å². The monoisotopic (exact) mass is 296 g/mol. The summed E-state index contributed by atoms with van der Waals surface area (Å²) in [6.45, 7) is 8.29. The first-order valence-electron chi connectivity index (χ1n) is 8.08. The molecule has 0 aromatic rings. The van der Waals surface area contributed by atoms with E-state index in [1.165, 1.54) is 0 Å². The molecule has 1 aliphatic carbocycles. The van der Waals surface area contributed by atoms with Gasteiger partial charge in [0.15, 0.2) is 0 Å². The molecule has 0 saturated heterocycles. The van der Waals surface area contributed by atoms with Crippen molar-refractivity contribution in [2.75, 3.05) is 13.2 Å². The van der Waals surface area contributed by atoms with Crippen LogP contribution in [0.5, 0.6) is 0 Å². The van der Waals surface area contributed by atoms with Crippen LogP contribution in [-0.2, 0) is 19.1 Å². The SMILES string of the molecule is CCOC(=O)C(CC(C)C)=C(C(=O)OCC)C1CCCC1. The second kappa shape index (κ2) is 8.85. The Balaban J connectivity index is 3.19. The number of esters is 2. The Kier molecular flexibility index (Phi) is 7.48. The van der Waals surface area contributed by atoms with E-state index in [0.717, 1.165) is 25.7 Å². The summed E-state index contributed by atoms with van der Waals surface area (Å²) >= 11 is 0. The van der Waals surface area contributed by atoms with Gasteiger partial charge in [0.25, 0.3) is 0 Å². The standard InChI is InChI=1S/C17H28O4/c1-5-20-16(18)14(11-12(3)4)15(17(19)21-6-2)13-9-7-8-10-13/h12-13H,5-11H2,1-4H3. The lowest BCUT2D eigenvalue weighted by atomic mass is 9.88. The fourth-order valence-electron chi connectivity index (χ4n) is 2.89. The molecule has 0 spiro atoms. The Hall–Kier alpha value is -1.32. The molecule has 1 aliphatic rings. The molecule has 0 aromatic heterocycles. The molecule has 0 atom stereocenters. The largest absolute Gasteiger partial charge is 0.463 e. The Morgan fingerprint density at radius 1 is 1.00 bits per heavy atom. The summed E-state index contributed by atoms with van der Waals surface area (Å²) in [6, 6.07) is 0. The molecule has 4 heteroatoms. The van der Waals surface area contributed by atoms with Gasteiger partial charge in [-0.3, -0.25) is 0 Å². The van der Waals surface area contributed by atoms with Crippen molar-refractivity contribution in [2.24, 2.45) is 11.8 Å². The predicted octanol–water partition coefficient (Wildman–Crippen LogP) is 3.65. The second-order valence-electron chi connectivity index (χ2n) is 5.91. The lowest BCUT2D eigenvalue weighted by Crippen LogP contribution is -2.22. The molecular weight excluding hydrogens is 268 g/mol. The van der Waals surface area contributed by atoms with Gasteiger partial charge in [0.1, 0.15) is 0 Å². The molecule has 0 amide bonds. The lowest BCUT2D eigenvalue weighted by Gasteiger charge is -2.19. The van der Waals surface area contributed by atoms with Crippen molar-refractivity contribution in [2.45, 2.75) is 59.8 Å². The average Bonchev–Trinajstić information content (AvgIpc) is 2.92. The van der Waals surface area contributed by atoms with Crippen LogP contribution < -0.4 is 0 Å². The molecule has 0 unspecified atom stereocenters. The van der Waals surface area contributed by atoms with Gasteiger partial charge in [-0.2, -0.15) is 0 Å². The van der Waals surface area contributed by atoms with Crippen LogP contribution in [0.25, 0.3) is 0 Å². The number of carbonyl (C=O) groups is 2. The summed E-state index contributed by atoms with van der Waals surface area (Å²) in [5.74, 6) is -0.272. The van der Waals surface area contributed by atoms with Crippen LogP contribution in [0.1, 0.15) is 59.8 Å². The van der Waals surface area contributed by atoms with Crippen LogP contribution in [-0.4, -0.2) is 25.2 Å². The molecule has 21 heavy (non-hydrogen) atoms. The van der Waals surface area contributed by atoms with E-state index in [0.29, 0.717) is 30.8 Å². The molecule has 0 N–H and O–H groups in total. The number of hydrogen-bond acceptors (Lipinski definition) is 4. The Morgan fingerprint density at radius 3 is 2.00 bits per heavy atom. The van der Waals surface area contributed by atoms with Gasteiger partial charge in [-0.25, -0.2) is 9.59 Å². The van der Waals surface area contributed by atoms with Crippen molar-refractivity contribution in [3.05, 3.63) is 11.1 Å². The topological polar surface area (TPSA) is 52.6 Å². The van der Waals surface area contributed by atoms with E-state index in [-0.39, 0.29) is 23.8 Å². The van der Waals surface area contributed by atoms with Gasteiger partial charge in [0.2, 0.25) is 0 Å². The van der Waals surface area contributed by atoms with Crippen LogP contribution in [0.2, 0.25) is 0 Å². The van der Waals surface area contributed by atoms with Gasteiger partial charge in [0, 0.05) is 5.57 Å². The molecule has 1 fully saturated rings. The summed E-state index contributed by atoms with van der Waals surface area (Å²) in [6.07, 6.45) is 4.67. The van der Waals surface area contributed by atoms with Gasteiger partial charge < -0.3 is 9.47 Å². The Bertz CT molecular complexity index is 390. The highest BCUT2D eigenvalue weighted by Crippen LogP contribution is 2.35. The van der Waals surface area contributed by atoms with E-state index in [4.69, 9.17) is 9.47 Å². The highest BCUT2D eigenvalue weighted by Gasteiger charge is 2.31. The highest BCUT2D eigenvalue weighted by molar-refractivity contribution is 6.00. The third-order valence-electron chi connectivity index (χ3n) is 3.72. The fourth-order valence-corrected chi connectivity index (χ4v) is 2.89. The van der Waals surface area contributed by atoms with E-state index in [9.17, 15) is 9.59 Å². The number of ether oxygens (including phenoxy) is 2. The van der Waals surface area contributed by atoms with Crippen molar-refractivity contribution in [3.63, 3.8) is 0 Å². The third-order valence-corrected chi connectivity index (χ3v) is 3.72. The van der Waals surface area contributed by atoms with Crippen LogP contribution >= 0.6 is 0 Å². The van der Waals surface area contributed by atoms with E-state index in [2.05, 4.69) is 0 Å². The zero-order chi connectivity index (χ0) is 15.8. The molecule has 0 aliphatic heterocycles. The van der Waals surface area contributed by atoms with Crippen molar-refractivity contribution >= 4 is 11.9 Å². The molecule has 0 bridgehead atoms. The first-order chi connectivity index (χ1) is 10.0. The first-order valence-corrected chi connectivity index (χ1v) is 8.08. The lowest BCUT2D eigenvalue weighted by molar-refractivity contribution is -0.142. The van der Waals surface area contributed by atoms with Crippen molar-refractivity contribution in [3.8, 4) is 0 Å². The zero-order valence-corrected chi connectivity index (χ0v) is 13.7. The quantitative estimate of drug-likeness (QED) is 0.531. The van der Waals surface area contributed by atoms with Gasteiger partial charge in [-0.05, 0) is 44.9 Å². The summed E-state index contributed by atoms with van der Waals surface area (Å²) in [5, 5.41) is 0. The van der Waals surface area contributed by atoms with E-state index < -0.39 is 0 Å². The van der Waals surface area contributed by atoms with Gasteiger partial charge in [-0.15, -0.1) is 0 Å². The molecule has 1 saturated carbocycles. The summed E-state index contributed by atoms with van der Waals surface area (Å²) in [5.41, 5.74) is 1.10. The van der Waals surface area contributed by atoms with Crippen molar-refractivity contribution < 1.29 is 19.1 Å². The number of hydrogen-bond donors (Lipinski definition) is 0. The van der Waals surface area contributed by atoms with Crippen LogP contribution in [0.4, 0.5) is 0 Å². The van der Waals surface area contributed by atoms with E-state index in [1.807, 2.05) is 13.8 Å². The van der Waals surface area contributed by atoms with Gasteiger partial charge in [-0.1, -0.05) is 26.7 Å². The minimum Gasteiger partial charge on any atom is -0.463 e. The van der Waals surface area contributed by atoms with Gasteiger partial charge in [0.05, 0.1) is 18.8 Å². The van der Waals surface area contributed by atoms with Crippen molar-refractivity contribution in [1.82, 2.24) is 0 Å². The third kappa shape index (κ3) is 5.18. The molecule has 0 heterocycles. The predicted molar refractivity (Wildman–Crippen MR) is 81.7 cm³/mol. The minimum atomic E-state index is -0.360. The van der Waals surface area contributed by atoms with E-state index >= 15 is 0 Å². The van der Waals surface area contributed by atoms with Crippen LogP contribution in [0, 0.1) is 11.8 Å². The summed E-state index contributed by atoms with van der Waals surface area (Å²) < 4.78 is 10.4. The molecular formula is C17H28O4. The highest BCUT2D eigenvalue weighted by atomic mass is 16.5. The Morgan fingerprint density at radius 2 is 1.52 bits per heavy atom. The molecule has 0 radical (unpaired) electrons. The summed E-state index contributed by atoms with van der Waals surface area (Å²) in [7, 11) is 0. The number of carbonyl (C=O) groups excluding carboxylic acids is 2. The normalized spacial score (nSPS) is 16.8. The molecule has 120 valence electrons. The Labute approximate surface area is 127 Å². The van der Waals surface area contributed by atoms with Crippen LogP contribution in [0.15, 0.2) is 11.1 Å². The first kappa shape index (κ1) is 17.7. The fraction of sp³-hybridized carbons (Fsp3) is 0.765. The molecule has 0 aromatic carbocycles. The number of rotatable bonds is 7. The molecule has 4 nitrogen and oxygen atoms in total. The minimum absolute atomic E-state index is 0.141. The average molecular weight is 296 g/mol. The van der Waals surface area contributed by atoms with Crippen LogP contribution in [0.3, 0.4) is 0 Å². The zero-order valence-electron chi connectivity index (χ0n) is 13.7. The second-order valence-corrected chi connectivity index (χ2v) is 5.91. The van der Waals surface area contributed by atoms with Gasteiger partial charge >= 0.3 is 11.9 Å². The summed E-state index contributed by atoms with van der Waals surface area (Å²) in [4.78, 5) is 24.7. The maximum atomic E-state index is 12.4. The molecule has 1 rings (SSSR count). The maximum absolute atomic E-state index is 12.4. The maximum Gasteiger partial charge on any atom is 0.334 e. The van der Waals surface area contributed by atoms with Crippen molar-refractivity contribution in [1.29, 1.82) is 0 Å². The smallest absolute Gasteiger partial charge is 0.334 e.